The molecule has 0 saturated carbocycles. The van der Waals surface area contributed by atoms with Crippen LogP contribution in [0.3, 0.4) is 0 Å². The molecule has 0 radical (unpaired) electrons. The Morgan fingerprint density at radius 2 is 1.71 bits per heavy atom. The first-order valence-corrected chi connectivity index (χ1v) is 6.06. The van der Waals surface area contributed by atoms with Gasteiger partial charge < -0.3 is 0 Å². The lowest BCUT2D eigenvalue weighted by Gasteiger charge is -2.40. The summed E-state index contributed by atoms with van der Waals surface area (Å²) in [5.41, 5.74) is 0.355. The van der Waals surface area contributed by atoms with E-state index < -0.39 is 0 Å². The van der Waals surface area contributed by atoms with Crippen molar-refractivity contribution in [3.63, 3.8) is 0 Å². The molecule has 1 heterocycles. The molecule has 0 bridgehead atoms. The molecule has 1 unspecified atom stereocenters. The second-order valence-corrected chi connectivity index (χ2v) is 6.53. The molecular weight excluding hydrogens is 169 g/mol. The molecule has 1 atom stereocenters. The van der Waals surface area contributed by atoms with Gasteiger partial charge in [-0.05, 0) is 46.7 Å². The van der Waals surface area contributed by atoms with Crippen LogP contribution in [-0.2, 0) is 0 Å². The lowest BCUT2D eigenvalue weighted by molar-refractivity contribution is 0.117. The third-order valence-electron chi connectivity index (χ3n) is 3.54. The Morgan fingerprint density at radius 3 is 2.29 bits per heavy atom. The van der Waals surface area contributed by atoms with Gasteiger partial charge in [0.2, 0.25) is 0 Å². The van der Waals surface area contributed by atoms with E-state index in [1.807, 2.05) is 0 Å². The summed E-state index contributed by atoms with van der Waals surface area (Å²) in [5.74, 6) is 0. The van der Waals surface area contributed by atoms with E-state index in [1.165, 1.54) is 38.8 Å². The van der Waals surface area contributed by atoms with Crippen molar-refractivity contribution in [3.05, 3.63) is 0 Å². The maximum atomic E-state index is 2.65. The minimum atomic E-state index is 0.355. The van der Waals surface area contributed by atoms with E-state index >= 15 is 0 Å². The molecule has 0 aromatic carbocycles. The maximum absolute atomic E-state index is 2.65. The van der Waals surface area contributed by atoms with Crippen molar-refractivity contribution >= 4 is 7.85 Å². The van der Waals surface area contributed by atoms with Gasteiger partial charge in [-0.3, -0.25) is 4.90 Å². The van der Waals surface area contributed by atoms with Gasteiger partial charge in [0.05, 0.1) is 0 Å². The Hall–Kier alpha value is 0.0249. The summed E-state index contributed by atoms with van der Waals surface area (Å²) in [6.45, 7) is 12.0. The van der Waals surface area contributed by atoms with E-state index in [0.717, 1.165) is 0 Å². The van der Waals surface area contributed by atoms with Gasteiger partial charge in [-0.1, -0.05) is 25.1 Å². The molecule has 1 fully saturated rings. The summed E-state index contributed by atoms with van der Waals surface area (Å²) in [6, 6.07) is 0. The molecule has 14 heavy (non-hydrogen) atoms. The highest BCUT2D eigenvalue weighted by atomic mass is 15.2. The Bertz CT molecular complexity index is 178. The summed E-state index contributed by atoms with van der Waals surface area (Å²) in [5, 5.41) is 0.559. The molecule has 1 rings (SSSR count). The quantitative estimate of drug-likeness (QED) is 0.537. The summed E-state index contributed by atoms with van der Waals surface area (Å²) in [6.07, 6.45) is 5.54. The van der Waals surface area contributed by atoms with Crippen molar-refractivity contribution in [2.75, 3.05) is 13.1 Å². The fourth-order valence-corrected chi connectivity index (χ4v) is 2.25. The van der Waals surface area contributed by atoms with Crippen LogP contribution in [0.5, 0.6) is 0 Å². The number of hydrogen-bond acceptors (Lipinski definition) is 1. The zero-order valence-electron chi connectivity index (χ0n) is 10.7. The zero-order valence-corrected chi connectivity index (χ0v) is 10.7. The molecule has 0 spiro atoms. The normalized spacial score (nSPS) is 32.3. The van der Waals surface area contributed by atoms with Crippen LogP contribution in [-0.4, -0.2) is 31.4 Å². The van der Waals surface area contributed by atoms with Crippen LogP contribution in [0.15, 0.2) is 0 Å². The van der Waals surface area contributed by atoms with Gasteiger partial charge in [0, 0.05) is 5.54 Å². The highest BCUT2D eigenvalue weighted by molar-refractivity contribution is 6.14. The minimum absolute atomic E-state index is 0.355. The summed E-state index contributed by atoms with van der Waals surface area (Å²) < 4.78 is 0. The zero-order chi connectivity index (χ0) is 10.8. The van der Waals surface area contributed by atoms with E-state index in [9.17, 15) is 0 Å². The first-order valence-electron chi connectivity index (χ1n) is 6.06. The fraction of sp³-hybridized carbons (Fsp3) is 1.00. The van der Waals surface area contributed by atoms with Crippen LogP contribution in [0.25, 0.3) is 0 Å². The topological polar surface area (TPSA) is 3.24 Å². The van der Waals surface area contributed by atoms with Crippen LogP contribution in [0.1, 0.15) is 53.4 Å². The monoisotopic (exact) mass is 195 g/mol. The van der Waals surface area contributed by atoms with Crippen molar-refractivity contribution in [1.29, 1.82) is 0 Å². The molecule has 0 aromatic heterocycles. The second kappa shape index (κ2) is 4.26. The van der Waals surface area contributed by atoms with Crippen LogP contribution >= 0.6 is 0 Å². The van der Waals surface area contributed by atoms with Gasteiger partial charge >= 0.3 is 0 Å². The van der Waals surface area contributed by atoms with Crippen molar-refractivity contribution in [2.45, 2.75) is 64.2 Å². The first-order chi connectivity index (χ1) is 6.31. The molecular formula is C12H26BN. The lowest BCUT2D eigenvalue weighted by Crippen LogP contribution is -2.44. The third kappa shape index (κ3) is 3.64. The smallest absolute Gasteiger partial charge is 0.109 e. The fourth-order valence-electron chi connectivity index (χ4n) is 2.25. The van der Waals surface area contributed by atoms with Crippen molar-refractivity contribution in [1.82, 2.24) is 4.90 Å². The lowest BCUT2D eigenvalue weighted by atomic mass is 9.64. The number of hydrogen-bond donors (Lipinski definition) is 0. The average Bonchev–Trinajstić information content (AvgIpc) is 1.96. The van der Waals surface area contributed by atoms with E-state index in [0.29, 0.717) is 10.9 Å². The maximum Gasteiger partial charge on any atom is 0.109 e. The highest BCUT2D eigenvalue weighted by Gasteiger charge is 2.26. The predicted molar refractivity (Wildman–Crippen MR) is 66.7 cm³/mol. The first kappa shape index (κ1) is 12.1. The molecule has 0 aliphatic carbocycles. The van der Waals surface area contributed by atoms with E-state index in [2.05, 4.69) is 40.4 Å². The van der Waals surface area contributed by atoms with Crippen molar-refractivity contribution in [3.8, 4) is 0 Å². The third-order valence-corrected chi connectivity index (χ3v) is 3.54. The van der Waals surface area contributed by atoms with Gasteiger partial charge in [-0.25, -0.2) is 0 Å². The summed E-state index contributed by atoms with van der Waals surface area (Å²) in [4.78, 5) is 2.65. The molecule has 1 nitrogen and oxygen atoms in total. The van der Waals surface area contributed by atoms with Crippen LogP contribution in [0.4, 0.5) is 0 Å². The van der Waals surface area contributed by atoms with Crippen molar-refractivity contribution < 1.29 is 0 Å². The van der Waals surface area contributed by atoms with E-state index in [1.54, 1.807) is 0 Å². The number of likely N-dealkylation sites (tertiary alicyclic amines) is 1. The summed E-state index contributed by atoms with van der Waals surface area (Å²) in [7, 11) is 2.42. The number of nitrogens with zero attached hydrogens (tertiary/aromatic N) is 1. The molecule has 0 aromatic rings. The van der Waals surface area contributed by atoms with Crippen LogP contribution in [0.2, 0.25) is 5.31 Å². The SMILES string of the molecule is BC1(C)CCCCN(C(C)(C)C)CC1. The predicted octanol–water partition coefficient (Wildman–Crippen LogP) is 2.47. The Kier molecular flexibility index (Phi) is 3.68. The Balaban J connectivity index is 2.56. The van der Waals surface area contributed by atoms with Gasteiger partial charge in [-0.2, -0.15) is 0 Å². The minimum Gasteiger partial charge on any atom is -0.298 e. The standard InChI is InChI=1S/C12H26BN/c1-11(2,3)14-9-6-5-7-12(4,13)8-10-14/h5-10,13H2,1-4H3. The molecule has 82 valence electrons. The molecule has 1 aliphatic rings. The summed E-state index contributed by atoms with van der Waals surface area (Å²) >= 11 is 0. The Labute approximate surface area is 90.7 Å². The van der Waals surface area contributed by atoms with Gasteiger partial charge in [0.1, 0.15) is 7.85 Å². The highest BCUT2D eigenvalue weighted by Crippen LogP contribution is 2.35. The van der Waals surface area contributed by atoms with Crippen LogP contribution < -0.4 is 0 Å². The average molecular weight is 195 g/mol. The van der Waals surface area contributed by atoms with Gasteiger partial charge in [-0.15, -0.1) is 0 Å². The molecule has 1 saturated heterocycles. The van der Waals surface area contributed by atoms with Gasteiger partial charge in [0.25, 0.3) is 0 Å². The van der Waals surface area contributed by atoms with Crippen LogP contribution in [0, 0.1) is 0 Å². The molecule has 2 heteroatoms. The number of rotatable bonds is 0. The van der Waals surface area contributed by atoms with E-state index in [-0.39, 0.29) is 0 Å². The van der Waals surface area contributed by atoms with E-state index in [4.69, 9.17) is 0 Å². The second-order valence-electron chi connectivity index (χ2n) is 6.53. The molecule has 0 amide bonds. The molecule has 1 aliphatic heterocycles. The van der Waals surface area contributed by atoms with Crippen molar-refractivity contribution in [2.24, 2.45) is 0 Å². The van der Waals surface area contributed by atoms with Gasteiger partial charge in [0.15, 0.2) is 0 Å². The Morgan fingerprint density at radius 1 is 1.07 bits per heavy atom. The largest absolute Gasteiger partial charge is 0.298 e. The molecule has 0 N–H and O–H groups in total.